The number of benzene rings is 1. The van der Waals surface area contributed by atoms with Crippen LogP contribution in [0.2, 0.25) is 0 Å². The lowest BCUT2D eigenvalue weighted by Crippen LogP contribution is -2.17. The van der Waals surface area contributed by atoms with E-state index >= 15 is 0 Å². The number of hydrogen-bond acceptors (Lipinski definition) is 1. The molecule has 3 rings (SSSR count). The Morgan fingerprint density at radius 2 is 2.00 bits per heavy atom. The van der Waals surface area contributed by atoms with Gasteiger partial charge in [-0.15, -0.1) is 0 Å². The summed E-state index contributed by atoms with van der Waals surface area (Å²) in [6.07, 6.45) is 8.73. The van der Waals surface area contributed by atoms with Crippen LogP contribution < -0.4 is 5.73 Å². The van der Waals surface area contributed by atoms with Crippen LogP contribution >= 0.6 is 0 Å². The van der Waals surface area contributed by atoms with Gasteiger partial charge in [0.1, 0.15) is 0 Å². The molecule has 1 aliphatic carbocycles. The molecule has 1 saturated carbocycles. The Labute approximate surface area is 109 Å². The molecule has 1 atom stereocenters. The molecule has 1 aliphatic rings. The van der Waals surface area contributed by atoms with Crippen LogP contribution in [0.1, 0.15) is 44.2 Å². The van der Waals surface area contributed by atoms with Crippen molar-refractivity contribution in [3.05, 3.63) is 36.0 Å². The zero-order chi connectivity index (χ0) is 12.5. The highest BCUT2D eigenvalue weighted by Crippen LogP contribution is 2.34. The number of rotatable bonds is 3. The van der Waals surface area contributed by atoms with Crippen molar-refractivity contribution in [1.82, 2.24) is 4.57 Å². The molecule has 1 fully saturated rings. The van der Waals surface area contributed by atoms with Crippen LogP contribution in [0, 0.1) is 0 Å². The molecule has 18 heavy (non-hydrogen) atoms. The van der Waals surface area contributed by atoms with Crippen LogP contribution in [0.4, 0.5) is 0 Å². The van der Waals surface area contributed by atoms with E-state index in [1.54, 1.807) is 0 Å². The van der Waals surface area contributed by atoms with Crippen molar-refractivity contribution in [2.75, 3.05) is 0 Å². The zero-order valence-corrected chi connectivity index (χ0v) is 11.1. The van der Waals surface area contributed by atoms with Crippen molar-refractivity contribution in [2.45, 2.75) is 51.1 Å². The Morgan fingerprint density at radius 3 is 2.72 bits per heavy atom. The van der Waals surface area contributed by atoms with E-state index in [0.717, 1.165) is 6.42 Å². The van der Waals surface area contributed by atoms with Gasteiger partial charge in [0.15, 0.2) is 0 Å². The van der Waals surface area contributed by atoms with Crippen LogP contribution in [0.25, 0.3) is 10.9 Å². The number of hydrogen-bond donors (Lipinski definition) is 1. The maximum Gasteiger partial charge on any atom is 0.0485 e. The summed E-state index contributed by atoms with van der Waals surface area (Å²) >= 11 is 0. The van der Waals surface area contributed by atoms with E-state index in [9.17, 15) is 0 Å². The SMILES string of the molecule is C[C@@H](N)Cc1cn(C2CCCC2)c2ccccc12. The summed E-state index contributed by atoms with van der Waals surface area (Å²) in [5.41, 5.74) is 8.77. The first-order chi connectivity index (χ1) is 8.75. The van der Waals surface area contributed by atoms with Gasteiger partial charge < -0.3 is 10.3 Å². The van der Waals surface area contributed by atoms with E-state index in [1.165, 1.54) is 42.1 Å². The molecular formula is C16H22N2. The average Bonchev–Trinajstić information content (AvgIpc) is 2.96. The normalized spacial score (nSPS) is 18.6. The zero-order valence-electron chi connectivity index (χ0n) is 11.1. The third kappa shape index (κ3) is 2.05. The summed E-state index contributed by atoms with van der Waals surface area (Å²) in [6, 6.07) is 9.69. The number of nitrogens with zero attached hydrogens (tertiary/aromatic N) is 1. The van der Waals surface area contributed by atoms with Gasteiger partial charge in [0.2, 0.25) is 0 Å². The minimum Gasteiger partial charge on any atom is -0.344 e. The number of aromatic nitrogens is 1. The van der Waals surface area contributed by atoms with Gasteiger partial charge in [-0.25, -0.2) is 0 Å². The molecule has 0 spiro atoms. The molecule has 1 aromatic heterocycles. The summed E-state index contributed by atoms with van der Waals surface area (Å²) in [5.74, 6) is 0. The van der Waals surface area contributed by atoms with E-state index in [2.05, 4.69) is 42.0 Å². The Bertz CT molecular complexity index is 533. The lowest BCUT2D eigenvalue weighted by atomic mass is 10.1. The topological polar surface area (TPSA) is 30.9 Å². The van der Waals surface area contributed by atoms with Crippen LogP contribution in [0.5, 0.6) is 0 Å². The minimum absolute atomic E-state index is 0.229. The van der Waals surface area contributed by atoms with Crippen molar-refractivity contribution < 1.29 is 0 Å². The summed E-state index contributed by atoms with van der Waals surface area (Å²) in [7, 11) is 0. The molecule has 2 nitrogen and oxygen atoms in total. The van der Waals surface area contributed by atoms with Gasteiger partial charge in [0, 0.05) is 29.2 Å². The second kappa shape index (κ2) is 4.77. The fraction of sp³-hybridized carbons (Fsp3) is 0.500. The van der Waals surface area contributed by atoms with Gasteiger partial charge in [0.05, 0.1) is 0 Å². The second-order valence-electron chi connectivity index (χ2n) is 5.70. The highest BCUT2D eigenvalue weighted by Gasteiger charge is 2.19. The Kier molecular flexibility index (Phi) is 3.13. The highest BCUT2D eigenvalue weighted by molar-refractivity contribution is 5.84. The third-order valence-electron chi connectivity index (χ3n) is 4.08. The van der Waals surface area contributed by atoms with Gasteiger partial charge >= 0.3 is 0 Å². The maximum atomic E-state index is 5.97. The highest BCUT2D eigenvalue weighted by atomic mass is 15.0. The van der Waals surface area contributed by atoms with Crippen molar-refractivity contribution >= 4 is 10.9 Å². The van der Waals surface area contributed by atoms with E-state index < -0.39 is 0 Å². The maximum absolute atomic E-state index is 5.97. The van der Waals surface area contributed by atoms with Crippen LogP contribution in [-0.4, -0.2) is 10.6 Å². The monoisotopic (exact) mass is 242 g/mol. The van der Waals surface area contributed by atoms with E-state index in [4.69, 9.17) is 5.73 Å². The first-order valence-corrected chi connectivity index (χ1v) is 7.10. The van der Waals surface area contributed by atoms with Gasteiger partial charge in [0.25, 0.3) is 0 Å². The largest absolute Gasteiger partial charge is 0.344 e. The van der Waals surface area contributed by atoms with Gasteiger partial charge in [-0.3, -0.25) is 0 Å². The van der Waals surface area contributed by atoms with Crippen LogP contribution in [-0.2, 0) is 6.42 Å². The van der Waals surface area contributed by atoms with E-state index in [1.807, 2.05) is 0 Å². The van der Waals surface area contributed by atoms with Gasteiger partial charge in [-0.05, 0) is 37.8 Å². The number of nitrogens with two attached hydrogens (primary N) is 1. The van der Waals surface area contributed by atoms with Crippen molar-refractivity contribution in [3.8, 4) is 0 Å². The molecule has 0 bridgehead atoms. The summed E-state index contributed by atoms with van der Waals surface area (Å²) < 4.78 is 2.50. The molecule has 1 aromatic carbocycles. The number of para-hydroxylation sites is 1. The first-order valence-electron chi connectivity index (χ1n) is 7.10. The molecule has 0 amide bonds. The van der Waals surface area contributed by atoms with Gasteiger partial charge in [-0.1, -0.05) is 31.0 Å². The molecular weight excluding hydrogens is 220 g/mol. The summed E-state index contributed by atoms with van der Waals surface area (Å²) in [5, 5.41) is 1.39. The minimum atomic E-state index is 0.229. The standard InChI is InChI=1S/C16H22N2/c1-12(17)10-13-11-18(14-6-2-3-7-14)16-9-5-4-8-15(13)16/h4-5,8-9,11-12,14H,2-3,6-7,10,17H2,1H3/t12-/m1/s1. The Morgan fingerprint density at radius 1 is 1.28 bits per heavy atom. The molecule has 0 saturated heterocycles. The third-order valence-corrected chi connectivity index (χ3v) is 4.08. The predicted octanol–water partition coefficient (Wildman–Crippen LogP) is 3.65. The quantitative estimate of drug-likeness (QED) is 0.875. The number of fused-ring (bicyclic) bond motifs is 1. The molecule has 2 N–H and O–H groups in total. The van der Waals surface area contributed by atoms with Crippen molar-refractivity contribution in [2.24, 2.45) is 5.73 Å². The fourth-order valence-corrected chi connectivity index (χ4v) is 3.27. The lowest BCUT2D eigenvalue weighted by molar-refractivity contribution is 0.534. The molecule has 96 valence electrons. The fourth-order valence-electron chi connectivity index (χ4n) is 3.27. The van der Waals surface area contributed by atoms with Crippen molar-refractivity contribution in [3.63, 3.8) is 0 Å². The van der Waals surface area contributed by atoms with Crippen LogP contribution in [0.15, 0.2) is 30.5 Å². The lowest BCUT2D eigenvalue weighted by Gasteiger charge is -2.13. The van der Waals surface area contributed by atoms with Crippen LogP contribution in [0.3, 0.4) is 0 Å². The molecule has 0 radical (unpaired) electrons. The van der Waals surface area contributed by atoms with Crippen molar-refractivity contribution in [1.29, 1.82) is 0 Å². The van der Waals surface area contributed by atoms with Gasteiger partial charge in [-0.2, -0.15) is 0 Å². The predicted molar refractivity (Wildman–Crippen MR) is 76.8 cm³/mol. The Hall–Kier alpha value is -1.28. The average molecular weight is 242 g/mol. The summed E-state index contributed by atoms with van der Waals surface area (Å²) in [4.78, 5) is 0. The van der Waals surface area contributed by atoms with E-state index in [0.29, 0.717) is 6.04 Å². The summed E-state index contributed by atoms with van der Waals surface area (Å²) in [6.45, 7) is 2.09. The Balaban J connectivity index is 2.07. The molecule has 0 aliphatic heterocycles. The molecule has 1 heterocycles. The molecule has 2 aromatic rings. The molecule has 0 unspecified atom stereocenters. The first kappa shape index (κ1) is 11.8. The molecule has 2 heteroatoms. The van der Waals surface area contributed by atoms with E-state index in [-0.39, 0.29) is 6.04 Å². The smallest absolute Gasteiger partial charge is 0.0485 e. The second-order valence-corrected chi connectivity index (χ2v) is 5.70.